The van der Waals surface area contributed by atoms with Gasteiger partial charge in [0.1, 0.15) is 11.6 Å². The molecule has 1 aromatic rings. The molecule has 1 heterocycles. The number of aliphatic carboxylic acids is 1. The summed E-state index contributed by atoms with van der Waals surface area (Å²) in [5.41, 5.74) is -0.693. The van der Waals surface area contributed by atoms with Gasteiger partial charge >= 0.3 is 12.1 Å². The van der Waals surface area contributed by atoms with Gasteiger partial charge in [-0.05, 0) is 27.7 Å². The SMILES string of the molecule is CCOc1cnn(CC(NC(=O)OC(C)(C)C)C(=O)O)c1. The van der Waals surface area contributed by atoms with Gasteiger partial charge in [-0.3, -0.25) is 4.68 Å². The minimum absolute atomic E-state index is 0.0261. The molecule has 1 aromatic heterocycles. The highest BCUT2D eigenvalue weighted by molar-refractivity contribution is 5.79. The number of carbonyl (C=O) groups is 2. The van der Waals surface area contributed by atoms with E-state index in [1.165, 1.54) is 10.9 Å². The number of hydrogen-bond acceptors (Lipinski definition) is 5. The van der Waals surface area contributed by atoms with Crippen LogP contribution in [0.2, 0.25) is 0 Å². The van der Waals surface area contributed by atoms with Crippen molar-refractivity contribution in [3.8, 4) is 5.75 Å². The maximum Gasteiger partial charge on any atom is 0.408 e. The summed E-state index contributed by atoms with van der Waals surface area (Å²) >= 11 is 0. The lowest BCUT2D eigenvalue weighted by atomic mass is 10.2. The highest BCUT2D eigenvalue weighted by Crippen LogP contribution is 2.09. The Hall–Kier alpha value is -2.25. The van der Waals surface area contributed by atoms with Crippen LogP contribution in [0.5, 0.6) is 5.75 Å². The number of ether oxygens (including phenoxy) is 2. The van der Waals surface area contributed by atoms with Gasteiger partial charge < -0.3 is 19.9 Å². The summed E-state index contributed by atoms with van der Waals surface area (Å²) in [5, 5.41) is 15.4. The number of hydrogen-bond donors (Lipinski definition) is 2. The van der Waals surface area contributed by atoms with E-state index in [0.29, 0.717) is 12.4 Å². The molecule has 8 heteroatoms. The third-order valence-electron chi connectivity index (χ3n) is 2.28. The Labute approximate surface area is 123 Å². The van der Waals surface area contributed by atoms with Crippen molar-refractivity contribution >= 4 is 12.1 Å². The molecule has 0 radical (unpaired) electrons. The van der Waals surface area contributed by atoms with Crippen LogP contribution in [0, 0.1) is 0 Å². The smallest absolute Gasteiger partial charge is 0.408 e. The maximum absolute atomic E-state index is 11.6. The minimum atomic E-state index is -1.17. The summed E-state index contributed by atoms with van der Waals surface area (Å²) in [6.45, 7) is 7.39. The van der Waals surface area contributed by atoms with Gasteiger partial charge in [-0.25, -0.2) is 9.59 Å². The predicted octanol–water partition coefficient (Wildman–Crippen LogP) is 1.26. The van der Waals surface area contributed by atoms with Crippen LogP contribution in [-0.2, 0) is 16.1 Å². The molecule has 0 saturated carbocycles. The molecule has 21 heavy (non-hydrogen) atoms. The van der Waals surface area contributed by atoms with Crippen molar-refractivity contribution in [2.75, 3.05) is 6.61 Å². The van der Waals surface area contributed by atoms with Gasteiger partial charge in [0.2, 0.25) is 0 Å². The van der Waals surface area contributed by atoms with E-state index < -0.39 is 23.7 Å². The molecule has 0 saturated heterocycles. The van der Waals surface area contributed by atoms with Crippen LogP contribution in [0.25, 0.3) is 0 Å². The van der Waals surface area contributed by atoms with Crippen molar-refractivity contribution in [1.29, 1.82) is 0 Å². The second-order valence-electron chi connectivity index (χ2n) is 5.37. The van der Waals surface area contributed by atoms with E-state index >= 15 is 0 Å². The van der Waals surface area contributed by atoms with Gasteiger partial charge in [0.15, 0.2) is 5.75 Å². The normalized spacial score (nSPS) is 12.6. The molecule has 0 aliphatic carbocycles. The van der Waals surface area contributed by atoms with Crippen molar-refractivity contribution in [1.82, 2.24) is 15.1 Å². The molecule has 0 aromatic carbocycles. The third kappa shape index (κ3) is 6.15. The van der Waals surface area contributed by atoms with Gasteiger partial charge in [0.25, 0.3) is 0 Å². The van der Waals surface area contributed by atoms with E-state index in [1.807, 2.05) is 6.92 Å². The van der Waals surface area contributed by atoms with Crippen LogP contribution in [0.3, 0.4) is 0 Å². The van der Waals surface area contributed by atoms with E-state index in [1.54, 1.807) is 27.0 Å². The number of nitrogens with one attached hydrogen (secondary N) is 1. The number of rotatable bonds is 6. The molecule has 118 valence electrons. The Kier molecular flexibility index (Phi) is 5.57. The van der Waals surface area contributed by atoms with Crippen LogP contribution < -0.4 is 10.1 Å². The number of carbonyl (C=O) groups excluding carboxylic acids is 1. The Morgan fingerprint density at radius 1 is 1.48 bits per heavy atom. The van der Waals surface area contributed by atoms with Crippen molar-refractivity contribution < 1.29 is 24.2 Å². The van der Waals surface area contributed by atoms with Crippen LogP contribution in [0.15, 0.2) is 12.4 Å². The summed E-state index contributed by atoms with van der Waals surface area (Å²) in [6, 6.07) is -1.14. The number of amides is 1. The summed E-state index contributed by atoms with van der Waals surface area (Å²) < 4.78 is 11.7. The van der Waals surface area contributed by atoms with Gasteiger partial charge in [-0.2, -0.15) is 5.10 Å². The maximum atomic E-state index is 11.6. The summed E-state index contributed by atoms with van der Waals surface area (Å²) in [5.74, 6) is -0.631. The van der Waals surface area contributed by atoms with Crippen molar-refractivity contribution in [3.05, 3.63) is 12.4 Å². The monoisotopic (exact) mass is 299 g/mol. The fourth-order valence-electron chi connectivity index (χ4n) is 1.51. The van der Waals surface area contributed by atoms with Crippen LogP contribution in [0.1, 0.15) is 27.7 Å². The van der Waals surface area contributed by atoms with Gasteiger partial charge in [0.05, 0.1) is 25.5 Å². The van der Waals surface area contributed by atoms with Crippen LogP contribution >= 0.6 is 0 Å². The molecule has 1 atom stereocenters. The first-order valence-corrected chi connectivity index (χ1v) is 6.59. The molecule has 0 bridgehead atoms. The van der Waals surface area contributed by atoms with E-state index in [9.17, 15) is 9.59 Å². The average molecular weight is 299 g/mol. The zero-order valence-corrected chi connectivity index (χ0v) is 12.6. The molecular weight excluding hydrogens is 278 g/mol. The first kappa shape index (κ1) is 16.8. The second kappa shape index (κ2) is 6.96. The van der Waals surface area contributed by atoms with Gasteiger partial charge in [-0.1, -0.05) is 0 Å². The van der Waals surface area contributed by atoms with E-state index in [4.69, 9.17) is 14.6 Å². The van der Waals surface area contributed by atoms with Gasteiger partial charge in [-0.15, -0.1) is 0 Å². The number of carboxylic acids is 1. The second-order valence-corrected chi connectivity index (χ2v) is 5.37. The Morgan fingerprint density at radius 2 is 2.14 bits per heavy atom. The molecule has 0 spiro atoms. The number of alkyl carbamates (subject to hydrolysis) is 1. The molecule has 0 aliphatic heterocycles. The topological polar surface area (TPSA) is 103 Å². The Morgan fingerprint density at radius 3 is 2.67 bits per heavy atom. The fourth-order valence-corrected chi connectivity index (χ4v) is 1.51. The Bertz CT molecular complexity index is 492. The van der Waals surface area contributed by atoms with Crippen LogP contribution in [-0.4, -0.2) is 45.2 Å². The van der Waals surface area contributed by atoms with Crippen molar-refractivity contribution in [3.63, 3.8) is 0 Å². The molecule has 2 N–H and O–H groups in total. The fraction of sp³-hybridized carbons (Fsp3) is 0.615. The lowest BCUT2D eigenvalue weighted by Crippen LogP contribution is -2.45. The first-order valence-electron chi connectivity index (χ1n) is 6.59. The van der Waals surface area contributed by atoms with E-state index in [0.717, 1.165) is 0 Å². The lowest BCUT2D eigenvalue weighted by molar-refractivity contribution is -0.139. The van der Waals surface area contributed by atoms with Crippen molar-refractivity contribution in [2.45, 2.75) is 45.9 Å². The zero-order chi connectivity index (χ0) is 16.0. The molecule has 0 fully saturated rings. The molecule has 1 rings (SSSR count). The lowest BCUT2D eigenvalue weighted by Gasteiger charge is -2.21. The summed E-state index contributed by atoms with van der Waals surface area (Å²) in [6.07, 6.45) is 2.26. The standard InChI is InChI=1S/C13H21N3O5/c1-5-20-9-6-14-16(7-9)8-10(11(17)18)15-12(19)21-13(2,3)4/h6-7,10H,5,8H2,1-4H3,(H,15,19)(H,17,18). The molecule has 1 unspecified atom stereocenters. The highest BCUT2D eigenvalue weighted by atomic mass is 16.6. The first-order chi connectivity index (χ1) is 9.71. The summed E-state index contributed by atoms with van der Waals surface area (Å²) in [7, 11) is 0. The minimum Gasteiger partial charge on any atom is -0.491 e. The third-order valence-corrected chi connectivity index (χ3v) is 2.28. The predicted molar refractivity (Wildman–Crippen MR) is 74.2 cm³/mol. The zero-order valence-electron chi connectivity index (χ0n) is 12.6. The van der Waals surface area contributed by atoms with E-state index in [2.05, 4.69) is 10.4 Å². The van der Waals surface area contributed by atoms with Crippen LogP contribution in [0.4, 0.5) is 4.79 Å². The van der Waals surface area contributed by atoms with Gasteiger partial charge in [0, 0.05) is 0 Å². The molecule has 0 aliphatic rings. The largest absolute Gasteiger partial charge is 0.491 e. The number of aromatic nitrogens is 2. The quantitative estimate of drug-likeness (QED) is 0.819. The number of nitrogens with zero attached hydrogens (tertiary/aromatic N) is 2. The van der Waals surface area contributed by atoms with Crippen molar-refractivity contribution in [2.24, 2.45) is 0 Å². The number of carboxylic acid groups (broad SMARTS) is 1. The highest BCUT2D eigenvalue weighted by Gasteiger charge is 2.24. The Balaban J connectivity index is 2.65. The van der Waals surface area contributed by atoms with E-state index in [-0.39, 0.29) is 6.54 Å². The summed E-state index contributed by atoms with van der Waals surface area (Å²) in [4.78, 5) is 22.8. The average Bonchev–Trinajstić information content (AvgIpc) is 2.73. The molecular formula is C13H21N3O5. The molecule has 8 nitrogen and oxygen atoms in total. The molecule has 1 amide bonds.